The number of aryl methyl sites for hydroxylation is 2. The van der Waals surface area contributed by atoms with Crippen LogP contribution in [0.15, 0.2) is 34.9 Å². The van der Waals surface area contributed by atoms with Gasteiger partial charge in [-0.2, -0.15) is 0 Å². The van der Waals surface area contributed by atoms with Crippen LogP contribution in [0, 0.1) is 13.8 Å². The van der Waals surface area contributed by atoms with Crippen LogP contribution >= 0.6 is 11.6 Å². The summed E-state index contributed by atoms with van der Waals surface area (Å²) < 4.78 is 5.43. The van der Waals surface area contributed by atoms with Gasteiger partial charge in [0.1, 0.15) is 5.76 Å². The number of hydrogen-bond acceptors (Lipinski definition) is 2. The second-order valence-corrected chi connectivity index (χ2v) is 5.29. The van der Waals surface area contributed by atoms with Gasteiger partial charge in [0.2, 0.25) is 0 Å². The van der Waals surface area contributed by atoms with E-state index in [4.69, 9.17) is 16.0 Å². The van der Waals surface area contributed by atoms with E-state index in [9.17, 15) is 0 Å². The molecule has 1 atom stereocenters. The maximum atomic E-state index is 6.23. The first kappa shape index (κ1) is 14.2. The molecule has 2 rings (SSSR count). The second-order valence-electron chi connectivity index (χ2n) is 4.89. The van der Waals surface area contributed by atoms with Gasteiger partial charge in [-0.05, 0) is 50.1 Å². The van der Waals surface area contributed by atoms with Gasteiger partial charge in [-0.3, -0.25) is 0 Å². The van der Waals surface area contributed by atoms with Gasteiger partial charge in [-0.1, -0.05) is 30.7 Å². The first-order valence-corrected chi connectivity index (χ1v) is 7.04. The minimum absolute atomic E-state index is 0.135. The summed E-state index contributed by atoms with van der Waals surface area (Å²) in [6.07, 6.45) is 2.91. The molecule has 102 valence electrons. The van der Waals surface area contributed by atoms with Crippen LogP contribution in [0.3, 0.4) is 0 Å². The fourth-order valence-electron chi connectivity index (χ4n) is 2.12. The van der Waals surface area contributed by atoms with Crippen molar-refractivity contribution >= 4 is 11.6 Å². The standard InChI is InChI=1S/C16H20ClNO/c1-4-7-18-16(14-8-12(3)19-10-14)13-6-5-11(2)15(17)9-13/h5-6,8-10,16,18H,4,7H2,1-3H3. The lowest BCUT2D eigenvalue weighted by Crippen LogP contribution is -2.22. The average Bonchev–Trinajstić information content (AvgIpc) is 2.80. The largest absolute Gasteiger partial charge is 0.469 e. The Hall–Kier alpha value is -1.25. The maximum Gasteiger partial charge on any atom is 0.101 e. The maximum absolute atomic E-state index is 6.23. The molecule has 2 nitrogen and oxygen atoms in total. The van der Waals surface area contributed by atoms with Gasteiger partial charge in [-0.15, -0.1) is 0 Å². The minimum Gasteiger partial charge on any atom is -0.469 e. The van der Waals surface area contributed by atoms with Crippen molar-refractivity contribution in [2.45, 2.75) is 33.2 Å². The number of nitrogens with one attached hydrogen (secondary N) is 1. The van der Waals surface area contributed by atoms with E-state index in [-0.39, 0.29) is 6.04 Å². The van der Waals surface area contributed by atoms with Crippen LogP contribution in [0.5, 0.6) is 0 Å². The molecule has 0 saturated heterocycles. The zero-order chi connectivity index (χ0) is 13.8. The van der Waals surface area contributed by atoms with Crippen LogP contribution in [0.4, 0.5) is 0 Å². The van der Waals surface area contributed by atoms with Crippen molar-refractivity contribution in [3.05, 3.63) is 58.0 Å². The molecule has 0 radical (unpaired) electrons. The van der Waals surface area contributed by atoms with Gasteiger partial charge >= 0.3 is 0 Å². The van der Waals surface area contributed by atoms with Gasteiger partial charge < -0.3 is 9.73 Å². The van der Waals surface area contributed by atoms with Crippen molar-refractivity contribution in [2.24, 2.45) is 0 Å². The van der Waals surface area contributed by atoms with Crippen molar-refractivity contribution in [3.8, 4) is 0 Å². The normalized spacial score (nSPS) is 12.6. The highest BCUT2D eigenvalue weighted by molar-refractivity contribution is 6.31. The first-order valence-electron chi connectivity index (χ1n) is 6.66. The third-order valence-electron chi connectivity index (χ3n) is 3.21. The molecule has 1 aromatic carbocycles. The fourth-order valence-corrected chi connectivity index (χ4v) is 2.31. The predicted molar refractivity (Wildman–Crippen MR) is 79.8 cm³/mol. The Labute approximate surface area is 119 Å². The third kappa shape index (κ3) is 3.40. The van der Waals surface area contributed by atoms with E-state index in [0.29, 0.717) is 0 Å². The van der Waals surface area contributed by atoms with Crippen molar-refractivity contribution in [3.63, 3.8) is 0 Å². The summed E-state index contributed by atoms with van der Waals surface area (Å²) in [6.45, 7) is 7.10. The highest BCUT2D eigenvalue weighted by Crippen LogP contribution is 2.27. The molecule has 0 aliphatic carbocycles. The molecular weight excluding hydrogens is 258 g/mol. The molecule has 0 spiro atoms. The third-order valence-corrected chi connectivity index (χ3v) is 3.62. The van der Waals surface area contributed by atoms with E-state index < -0.39 is 0 Å². The topological polar surface area (TPSA) is 25.2 Å². The van der Waals surface area contributed by atoms with Gasteiger partial charge in [0.25, 0.3) is 0 Å². The highest BCUT2D eigenvalue weighted by atomic mass is 35.5. The van der Waals surface area contributed by atoms with Crippen LogP contribution in [-0.4, -0.2) is 6.54 Å². The molecule has 1 unspecified atom stereocenters. The molecule has 1 aromatic heterocycles. The van der Waals surface area contributed by atoms with Crippen molar-refractivity contribution < 1.29 is 4.42 Å². The molecular formula is C16H20ClNO. The molecule has 0 bridgehead atoms. The molecule has 0 fully saturated rings. The van der Waals surface area contributed by atoms with E-state index in [2.05, 4.69) is 30.4 Å². The Bertz CT molecular complexity index is 547. The molecule has 0 aliphatic rings. The quantitative estimate of drug-likeness (QED) is 0.861. The summed E-state index contributed by atoms with van der Waals surface area (Å²) in [6, 6.07) is 8.42. The number of rotatable bonds is 5. The van der Waals surface area contributed by atoms with Gasteiger partial charge in [-0.25, -0.2) is 0 Å². The van der Waals surface area contributed by atoms with E-state index in [1.807, 2.05) is 26.2 Å². The lowest BCUT2D eigenvalue weighted by molar-refractivity contribution is 0.524. The smallest absolute Gasteiger partial charge is 0.101 e. The van der Waals surface area contributed by atoms with Gasteiger partial charge in [0.05, 0.1) is 12.3 Å². The van der Waals surface area contributed by atoms with Crippen molar-refractivity contribution in [1.29, 1.82) is 0 Å². The summed E-state index contributed by atoms with van der Waals surface area (Å²) in [5, 5.41) is 4.35. The number of furan rings is 1. The number of benzene rings is 1. The molecule has 1 N–H and O–H groups in total. The summed E-state index contributed by atoms with van der Waals surface area (Å²) in [5.74, 6) is 0.927. The zero-order valence-corrected chi connectivity index (χ0v) is 12.4. The monoisotopic (exact) mass is 277 g/mol. The molecule has 1 heterocycles. The Balaban J connectivity index is 2.33. The SMILES string of the molecule is CCCNC(c1coc(C)c1)c1ccc(C)c(Cl)c1. The van der Waals surface area contributed by atoms with Crippen LogP contribution in [0.25, 0.3) is 0 Å². The zero-order valence-electron chi connectivity index (χ0n) is 11.7. The van der Waals surface area contributed by atoms with Gasteiger partial charge in [0, 0.05) is 10.6 Å². The molecule has 0 aliphatic heterocycles. The summed E-state index contributed by atoms with van der Waals surface area (Å²) in [4.78, 5) is 0. The van der Waals surface area contributed by atoms with Crippen LogP contribution in [0.2, 0.25) is 5.02 Å². The van der Waals surface area contributed by atoms with E-state index in [0.717, 1.165) is 34.9 Å². The van der Waals surface area contributed by atoms with Crippen molar-refractivity contribution in [1.82, 2.24) is 5.32 Å². The van der Waals surface area contributed by atoms with Crippen molar-refractivity contribution in [2.75, 3.05) is 6.54 Å². The summed E-state index contributed by atoms with van der Waals surface area (Å²) in [7, 11) is 0. The molecule has 19 heavy (non-hydrogen) atoms. The Morgan fingerprint density at radius 2 is 2.00 bits per heavy atom. The number of hydrogen-bond donors (Lipinski definition) is 1. The lowest BCUT2D eigenvalue weighted by atomic mass is 9.99. The number of halogens is 1. The Kier molecular flexibility index (Phi) is 4.67. The summed E-state index contributed by atoms with van der Waals surface area (Å²) in [5.41, 5.74) is 3.42. The first-order chi connectivity index (χ1) is 9.11. The average molecular weight is 278 g/mol. The summed E-state index contributed by atoms with van der Waals surface area (Å²) >= 11 is 6.23. The molecule has 0 amide bonds. The van der Waals surface area contributed by atoms with E-state index in [1.165, 1.54) is 5.56 Å². The van der Waals surface area contributed by atoms with Gasteiger partial charge in [0.15, 0.2) is 0 Å². The lowest BCUT2D eigenvalue weighted by Gasteiger charge is -2.18. The van der Waals surface area contributed by atoms with Crippen LogP contribution in [-0.2, 0) is 0 Å². The predicted octanol–water partition coefficient (Wildman–Crippen LogP) is 4.64. The molecule has 2 aromatic rings. The Morgan fingerprint density at radius 3 is 2.58 bits per heavy atom. The van der Waals surface area contributed by atoms with E-state index in [1.54, 1.807) is 0 Å². The van der Waals surface area contributed by atoms with Crippen LogP contribution < -0.4 is 5.32 Å². The fraction of sp³-hybridized carbons (Fsp3) is 0.375. The minimum atomic E-state index is 0.135. The Morgan fingerprint density at radius 1 is 1.21 bits per heavy atom. The highest BCUT2D eigenvalue weighted by Gasteiger charge is 2.16. The van der Waals surface area contributed by atoms with E-state index >= 15 is 0 Å². The van der Waals surface area contributed by atoms with Crippen LogP contribution in [0.1, 0.15) is 41.8 Å². The molecule has 0 saturated carbocycles. The second kappa shape index (κ2) is 6.27. The molecule has 3 heteroatoms.